The predicted octanol–water partition coefficient (Wildman–Crippen LogP) is 8.51. The van der Waals surface area contributed by atoms with E-state index >= 15 is 0 Å². The fourth-order valence-corrected chi connectivity index (χ4v) is 7.80. The largest absolute Gasteiger partial charge is 0.493 e. The molecule has 1 saturated carbocycles. The van der Waals surface area contributed by atoms with Gasteiger partial charge < -0.3 is 14.8 Å². The number of pyridine rings is 2. The van der Waals surface area contributed by atoms with E-state index in [-0.39, 0.29) is 17.5 Å². The number of nitriles is 1. The summed E-state index contributed by atoms with van der Waals surface area (Å²) in [6, 6.07) is 32.3. The SMILES string of the molecule is COc1ccc(C2CNC(=O)C2)cc1OC1CCCC1.Cn1c(=O)n(-c2ccc(C(C)(C)C#N)cc2)c2c3cc(-c4cnc5ccccc5c4)ccc3ncc21. The van der Waals surface area contributed by atoms with Gasteiger partial charge in [-0.2, -0.15) is 5.26 Å². The Bertz CT molecular complexity index is 2700. The van der Waals surface area contributed by atoms with Gasteiger partial charge in [0.2, 0.25) is 5.91 Å². The molecule has 1 aliphatic heterocycles. The lowest BCUT2D eigenvalue weighted by Crippen LogP contribution is -2.21. The highest BCUT2D eigenvalue weighted by Crippen LogP contribution is 2.36. The molecular weight excluding hydrogens is 701 g/mol. The molecule has 282 valence electrons. The van der Waals surface area contributed by atoms with E-state index in [4.69, 9.17) is 9.47 Å². The molecule has 1 aliphatic carbocycles. The number of fused-ring (bicyclic) bond motifs is 4. The minimum absolute atomic E-state index is 0.129. The smallest absolute Gasteiger partial charge is 0.333 e. The number of aromatic nitrogens is 4. The van der Waals surface area contributed by atoms with Crippen LogP contribution < -0.4 is 20.5 Å². The van der Waals surface area contributed by atoms with Crippen molar-refractivity contribution < 1.29 is 14.3 Å². The van der Waals surface area contributed by atoms with Gasteiger partial charge in [0.1, 0.15) is 0 Å². The van der Waals surface area contributed by atoms with Crippen LogP contribution in [-0.4, -0.2) is 44.8 Å². The van der Waals surface area contributed by atoms with Crippen molar-refractivity contribution in [2.24, 2.45) is 7.05 Å². The number of amides is 1. The maximum absolute atomic E-state index is 13.4. The van der Waals surface area contributed by atoms with Crippen molar-refractivity contribution >= 4 is 38.7 Å². The molecule has 9 rings (SSSR count). The van der Waals surface area contributed by atoms with Crippen LogP contribution in [0, 0.1) is 11.3 Å². The van der Waals surface area contributed by atoms with E-state index in [1.54, 1.807) is 29.5 Å². The molecule has 1 amide bonds. The fourth-order valence-electron chi connectivity index (χ4n) is 7.80. The first kappa shape index (κ1) is 36.5. The Balaban J connectivity index is 0.000000186. The van der Waals surface area contributed by atoms with Gasteiger partial charge >= 0.3 is 5.69 Å². The number of rotatable bonds is 7. The third-order valence-electron chi connectivity index (χ3n) is 11.2. The van der Waals surface area contributed by atoms with Crippen LogP contribution in [-0.2, 0) is 17.3 Å². The monoisotopic (exact) mass is 744 g/mol. The van der Waals surface area contributed by atoms with Crippen LogP contribution in [0.1, 0.15) is 63.0 Å². The summed E-state index contributed by atoms with van der Waals surface area (Å²) in [6.45, 7) is 4.48. The molecule has 1 atom stereocenters. The quantitative estimate of drug-likeness (QED) is 0.174. The van der Waals surface area contributed by atoms with Crippen molar-refractivity contribution in [2.75, 3.05) is 13.7 Å². The van der Waals surface area contributed by atoms with Crippen LogP contribution in [0.4, 0.5) is 0 Å². The number of para-hydroxylation sites is 1. The summed E-state index contributed by atoms with van der Waals surface area (Å²) in [7, 11) is 3.43. The maximum Gasteiger partial charge on any atom is 0.333 e. The summed E-state index contributed by atoms with van der Waals surface area (Å²) in [4.78, 5) is 34.0. The van der Waals surface area contributed by atoms with Crippen molar-refractivity contribution in [2.45, 2.75) is 63.4 Å². The lowest BCUT2D eigenvalue weighted by molar-refractivity contribution is -0.119. The van der Waals surface area contributed by atoms with Gasteiger partial charge in [-0.15, -0.1) is 0 Å². The summed E-state index contributed by atoms with van der Waals surface area (Å²) in [5.74, 6) is 1.97. The molecule has 1 N–H and O–H groups in total. The number of hydrogen-bond acceptors (Lipinski definition) is 7. The van der Waals surface area contributed by atoms with Crippen molar-refractivity contribution in [1.82, 2.24) is 24.4 Å². The molecular formula is C46H44N6O4. The number of carbonyl (C=O) groups excluding carboxylic acids is 1. The summed E-state index contributed by atoms with van der Waals surface area (Å²) in [6.07, 6.45) is 9.23. The number of ether oxygens (including phenoxy) is 2. The molecule has 0 bridgehead atoms. The Labute approximate surface area is 325 Å². The van der Waals surface area contributed by atoms with Crippen molar-refractivity contribution in [3.8, 4) is 34.4 Å². The van der Waals surface area contributed by atoms with E-state index in [0.717, 1.165) is 85.1 Å². The molecule has 4 aromatic carbocycles. The fraction of sp³-hybridized carbons (Fsp3) is 0.283. The second-order valence-electron chi connectivity index (χ2n) is 15.2. The Kier molecular flexibility index (Phi) is 9.77. The van der Waals surface area contributed by atoms with Crippen LogP contribution in [0.2, 0.25) is 0 Å². The summed E-state index contributed by atoms with van der Waals surface area (Å²) in [5, 5.41) is 14.3. The summed E-state index contributed by atoms with van der Waals surface area (Å²) < 4.78 is 14.8. The second-order valence-corrected chi connectivity index (χ2v) is 15.2. The number of nitrogens with one attached hydrogen (secondary N) is 1. The van der Waals surface area contributed by atoms with E-state index < -0.39 is 5.41 Å². The van der Waals surface area contributed by atoms with E-state index in [1.165, 1.54) is 12.8 Å². The predicted molar refractivity (Wildman–Crippen MR) is 219 cm³/mol. The van der Waals surface area contributed by atoms with E-state index in [0.29, 0.717) is 19.1 Å². The van der Waals surface area contributed by atoms with E-state index in [9.17, 15) is 14.9 Å². The van der Waals surface area contributed by atoms with E-state index in [2.05, 4.69) is 39.6 Å². The number of aryl methyl sites for hydroxylation is 1. The zero-order valence-electron chi connectivity index (χ0n) is 32.1. The van der Waals surface area contributed by atoms with Gasteiger partial charge in [-0.1, -0.05) is 42.5 Å². The zero-order chi connectivity index (χ0) is 39.0. The lowest BCUT2D eigenvalue weighted by atomic mass is 9.86. The molecule has 56 heavy (non-hydrogen) atoms. The number of carbonyl (C=O) groups is 1. The van der Waals surface area contributed by atoms with Gasteiger partial charge in [-0.05, 0) is 105 Å². The first-order chi connectivity index (χ1) is 27.1. The average Bonchev–Trinajstić information content (AvgIpc) is 3.97. The molecule has 10 heteroatoms. The average molecular weight is 745 g/mol. The van der Waals surface area contributed by atoms with Gasteiger partial charge in [0, 0.05) is 48.5 Å². The minimum Gasteiger partial charge on any atom is -0.493 e. The number of benzene rings is 4. The Morgan fingerprint density at radius 3 is 2.36 bits per heavy atom. The molecule has 0 spiro atoms. The molecule has 1 saturated heterocycles. The minimum atomic E-state index is -0.609. The first-order valence-corrected chi connectivity index (χ1v) is 19.1. The maximum atomic E-state index is 13.4. The van der Waals surface area contributed by atoms with Crippen LogP contribution in [0.25, 0.3) is 49.7 Å². The third kappa shape index (κ3) is 6.97. The molecule has 3 aromatic heterocycles. The zero-order valence-corrected chi connectivity index (χ0v) is 32.1. The van der Waals surface area contributed by atoms with Crippen LogP contribution >= 0.6 is 0 Å². The normalized spacial score (nSPS) is 15.8. The van der Waals surface area contributed by atoms with Gasteiger partial charge in [-0.25, -0.2) is 4.79 Å². The van der Waals surface area contributed by atoms with Crippen LogP contribution in [0.3, 0.4) is 0 Å². The Morgan fingerprint density at radius 1 is 0.857 bits per heavy atom. The standard InChI is InChI=1S/C30H23N5O.C16H21NO3/c1-30(2,18-31)22-9-11-23(12-10-22)35-28-24-15-19(21-14-20-6-4-5-7-25(20)32-16-21)8-13-26(24)33-17-27(28)34(3)29(35)36;1-19-14-7-6-11(12-9-16(18)17-10-12)8-15(14)20-13-4-2-3-5-13/h4-17H,1-3H3;6-8,12-13H,2-5,9-10H2,1H3,(H,17,18). The Hall–Kier alpha value is -6.47. The number of hydrogen-bond donors (Lipinski definition) is 1. The van der Waals surface area contributed by atoms with Crippen LogP contribution in [0.5, 0.6) is 11.5 Å². The second kappa shape index (κ2) is 15.0. The molecule has 2 aliphatic rings. The molecule has 2 fully saturated rings. The van der Waals surface area contributed by atoms with Crippen molar-refractivity contribution in [3.63, 3.8) is 0 Å². The van der Waals surface area contributed by atoms with Crippen LogP contribution in [0.15, 0.2) is 108 Å². The number of methoxy groups -OCH3 is 1. The highest BCUT2D eigenvalue weighted by Gasteiger charge is 2.26. The summed E-state index contributed by atoms with van der Waals surface area (Å²) >= 11 is 0. The number of imidazole rings is 1. The topological polar surface area (TPSA) is 124 Å². The number of nitrogens with zero attached hydrogens (tertiary/aromatic N) is 5. The van der Waals surface area contributed by atoms with Gasteiger partial charge in [0.25, 0.3) is 0 Å². The molecule has 10 nitrogen and oxygen atoms in total. The lowest BCUT2D eigenvalue weighted by Gasteiger charge is -2.18. The van der Waals surface area contributed by atoms with Gasteiger partial charge in [0.05, 0.1) is 58.6 Å². The van der Waals surface area contributed by atoms with Gasteiger partial charge in [-0.3, -0.25) is 23.9 Å². The molecule has 1 unspecified atom stereocenters. The first-order valence-electron chi connectivity index (χ1n) is 19.1. The van der Waals surface area contributed by atoms with Crippen molar-refractivity contribution in [1.29, 1.82) is 5.26 Å². The highest BCUT2D eigenvalue weighted by atomic mass is 16.5. The molecule has 7 aromatic rings. The van der Waals surface area contributed by atoms with Gasteiger partial charge in [0.15, 0.2) is 11.5 Å². The van der Waals surface area contributed by atoms with Crippen molar-refractivity contribution in [3.05, 3.63) is 125 Å². The highest BCUT2D eigenvalue weighted by molar-refractivity contribution is 6.05. The summed E-state index contributed by atoms with van der Waals surface area (Å²) in [5.41, 5.74) is 7.35. The third-order valence-corrected chi connectivity index (χ3v) is 11.2. The van der Waals surface area contributed by atoms with E-state index in [1.807, 2.05) is 92.8 Å². The molecule has 4 heterocycles. The Morgan fingerprint density at radius 2 is 1.62 bits per heavy atom. The molecule has 0 radical (unpaired) electrons.